The molecule has 0 spiro atoms. The smallest absolute Gasteiger partial charge is 0.263 e. The van der Waals surface area contributed by atoms with Gasteiger partial charge in [-0.3, -0.25) is 0 Å². The minimum Gasteiger partial charge on any atom is -0.460 e. The lowest BCUT2D eigenvalue weighted by atomic mass is 9.92. The molecule has 0 aromatic heterocycles. The van der Waals surface area contributed by atoms with Gasteiger partial charge in [-0.2, -0.15) is 0 Å². The maximum absolute atomic E-state index is 5.37. The van der Waals surface area contributed by atoms with Crippen LogP contribution in [0.2, 0.25) is 0 Å². The maximum Gasteiger partial charge on any atom is 0.263 e. The van der Waals surface area contributed by atoms with Crippen molar-refractivity contribution in [2.45, 2.75) is 31.8 Å². The Hall–Kier alpha value is -1.02. The molecule has 1 saturated heterocycles. The summed E-state index contributed by atoms with van der Waals surface area (Å²) in [6.45, 7) is 1.45. The van der Waals surface area contributed by atoms with Gasteiger partial charge in [0.1, 0.15) is 11.9 Å². The fourth-order valence-electron chi connectivity index (χ4n) is 2.22. The van der Waals surface area contributed by atoms with Gasteiger partial charge in [0.25, 0.3) is 6.79 Å². The SMILES string of the molecule is [CH]1OC2=CC3=C(CCCC=C3)CC2O1. The van der Waals surface area contributed by atoms with E-state index in [0.29, 0.717) is 0 Å². The summed E-state index contributed by atoms with van der Waals surface area (Å²) in [5.74, 6) is 0.968. The van der Waals surface area contributed by atoms with E-state index < -0.39 is 0 Å². The Morgan fingerprint density at radius 1 is 1.36 bits per heavy atom. The van der Waals surface area contributed by atoms with Crippen molar-refractivity contribution in [3.63, 3.8) is 0 Å². The molecular weight excluding hydrogens is 176 g/mol. The van der Waals surface area contributed by atoms with Crippen LogP contribution in [0.4, 0.5) is 0 Å². The van der Waals surface area contributed by atoms with Crippen LogP contribution in [0.3, 0.4) is 0 Å². The molecule has 2 nitrogen and oxygen atoms in total. The van der Waals surface area contributed by atoms with Gasteiger partial charge in [-0.15, -0.1) is 0 Å². The van der Waals surface area contributed by atoms with Crippen LogP contribution < -0.4 is 0 Å². The topological polar surface area (TPSA) is 18.5 Å². The average molecular weight is 189 g/mol. The Labute approximate surface area is 83.9 Å². The minimum atomic E-state index is 0.153. The molecule has 2 aliphatic carbocycles. The van der Waals surface area contributed by atoms with Crippen LogP contribution in [-0.2, 0) is 9.47 Å². The van der Waals surface area contributed by atoms with Gasteiger partial charge in [-0.05, 0) is 30.9 Å². The van der Waals surface area contributed by atoms with Crippen molar-refractivity contribution in [1.82, 2.24) is 0 Å². The Morgan fingerprint density at radius 2 is 2.36 bits per heavy atom. The van der Waals surface area contributed by atoms with Crippen LogP contribution in [0.25, 0.3) is 0 Å². The summed E-state index contributed by atoms with van der Waals surface area (Å²) in [7, 11) is 0. The monoisotopic (exact) mass is 189 g/mol. The number of ether oxygens (including phenoxy) is 2. The predicted octanol–water partition coefficient (Wildman–Crippen LogP) is 2.85. The van der Waals surface area contributed by atoms with E-state index in [-0.39, 0.29) is 6.10 Å². The molecule has 0 bridgehead atoms. The molecule has 1 radical (unpaired) electrons. The Morgan fingerprint density at radius 3 is 3.36 bits per heavy atom. The fraction of sp³-hybridized carbons (Fsp3) is 0.417. The summed E-state index contributed by atoms with van der Waals surface area (Å²) in [6, 6.07) is 0. The molecular formula is C12H13O2. The van der Waals surface area contributed by atoms with Gasteiger partial charge in [0.05, 0.1) is 0 Å². The summed E-state index contributed by atoms with van der Waals surface area (Å²) < 4.78 is 10.7. The van der Waals surface area contributed by atoms with Crippen molar-refractivity contribution in [3.8, 4) is 0 Å². The fourth-order valence-corrected chi connectivity index (χ4v) is 2.22. The lowest BCUT2D eigenvalue weighted by Crippen LogP contribution is -2.13. The molecule has 0 aromatic carbocycles. The minimum absolute atomic E-state index is 0.153. The third kappa shape index (κ3) is 1.30. The molecule has 2 heteroatoms. The van der Waals surface area contributed by atoms with Gasteiger partial charge in [0, 0.05) is 6.42 Å². The van der Waals surface area contributed by atoms with E-state index in [4.69, 9.17) is 9.47 Å². The first-order valence-corrected chi connectivity index (χ1v) is 5.17. The molecule has 3 aliphatic rings. The molecule has 1 unspecified atom stereocenters. The second-order valence-corrected chi connectivity index (χ2v) is 3.94. The molecule has 14 heavy (non-hydrogen) atoms. The number of hydrogen-bond acceptors (Lipinski definition) is 2. The highest BCUT2D eigenvalue weighted by molar-refractivity contribution is 5.43. The Bertz CT molecular complexity index is 336. The van der Waals surface area contributed by atoms with Gasteiger partial charge in [0.15, 0.2) is 0 Å². The van der Waals surface area contributed by atoms with Crippen LogP contribution in [-0.4, -0.2) is 6.10 Å². The molecule has 1 fully saturated rings. The highest BCUT2D eigenvalue weighted by Gasteiger charge is 2.29. The molecule has 1 atom stereocenters. The lowest BCUT2D eigenvalue weighted by molar-refractivity contribution is 0.128. The molecule has 0 saturated carbocycles. The van der Waals surface area contributed by atoms with Gasteiger partial charge >= 0.3 is 0 Å². The Kier molecular flexibility index (Phi) is 1.95. The highest BCUT2D eigenvalue weighted by atomic mass is 16.7. The van der Waals surface area contributed by atoms with Gasteiger partial charge < -0.3 is 9.47 Å². The molecule has 0 aromatic rings. The second kappa shape index (κ2) is 3.28. The van der Waals surface area contributed by atoms with Crippen LogP contribution >= 0.6 is 0 Å². The summed E-state index contributed by atoms with van der Waals surface area (Å²) in [4.78, 5) is 0. The molecule has 0 N–H and O–H groups in total. The van der Waals surface area contributed by atoms with E-state index >= 15 is 0 Å². The van der Waals surface area contributed by atoms with E-state index in [1.165, 1.54) is 37.2 Å². The second-order valence-electron chi connectivity index (χ2n) is 3.94. The molecule has 0 amide bonds. The predicted molar refractivity (Wildman–Crippen MR) is 53.0 cm³/mol. The first-order valence-electron chi connectivity index (χ1n) is 5.17. The lowest BCUT2D eigenvalue weighted by Gasteiger charge is -2.18. The van der Waals surface area contributed by atoms with Crippen molar-refractivity contribution in [2.75, 3.05) is 0 Å². The first kappa shape index (κ1) is 8.30. The summed E-state index contributed by atoms with van der Waals surface area (Å²) in [5.41, 5.74) is 2.86. The van der Waals surface area contributed by atoms with E-state index in [0.717, 1.165) is 12.2 Å². The van der Waals surface area contributed by atoms with Gasteiger partial charge in [0.2, 0.25) is 0 Å². The van der Waals surface area contributed by atoms with Crippen molar-refractivity contribution >= 4 is 0 Å². The van der Waals surface area contributed by atoms with Crippen LogP contribution in [0.1, 0.15) is 25.7 Å². The summed E-state index contributed by atoms with van der Waals surface area (Å²) >= 11 is 0. The van der Waals surface area contributed by atoms with Gasteiger partial charge in [-0.1, -0.05) is 17.7 Å². The van der Waals surface area contributed by atoms with Crippen molar-refractivity contribution in [1.29, 1.82) is 0 Å². The van der Waals surface area contributed by atoms with Crippen molar-refractivity contribution in [3.05, 3.63) is 41.9 Å². The number of fused-ring (bicyclic) bond motifs is 1. The summed E-state index contributed by atoms with van der Waals surface area (Å²) in [5, 5.41) is 0. The molecule has 1 aliphatic heterocycles. The number of hydrogen-bond donors (Lipinski definition) is 0. The van der Waals surface area contributed by atoms with Crippen molar-refractivity contribution in [2.24, 2.45) is 0 Å². The van der Waals surface area contributed by atoms with Gasteiger partial charge in [-0.25, -0.2) is 0 Å². The van der Waals surface area contributed by atoms with Crippen molar-refractivity contribution < 1.29 is 9.47 Å². The largest absolute Gasteiger partial charge is 0.460 e. The highest BCUT2D eigenvalue weighted by Crippen LogP contribution is 2.36. The van der Waals surface area contributed by atoms with Crippen LogP contribution in [0, 0.1) is 6.79 Å². The number of allylic oxidation sites excluding steroid dienone is 4. The normalized spacial score (nSPS) is 30.3. The summed E-state index contributed by atoms with van der Waals surface area (Å²) in [6.07, 6.45) is 11.4. The molecule has 3 rings (SSSR count). The first-order chi connectivity index (χ1) is 6.93. The zero-order valence-corrected chi connectivity index (χ0v) is 8.03. The number of rotatable bonds is 0. The third-order valence-electron chi connectivity index (χ3n) is 3.01. The van der Waals surface area contributed by atoms with E-state index in [2.05, 4.69) is 18.2 Å². The third-order valence-corrected chi connectivity index (χ3v) is 3.01. The van der Waals surface area contributed by atoms with E-state index in [1.54, 1.807) is 0 Å². The standard InChI is InChI=1S/C12H13O2/c1-2-4-9-6-11-12(14-8-13-11)7-10(9)5-3-1/h2,4,6,8,12H,1,3,5,7H2. The molecule has 73 valence electrons. The molecule has 1 heterocycles. The quantitative estimate of drug-likeness (QED) is 0.583. The van der Waals surface area contributed by atoms with Crippen LogP contribution in [0.5, 0.6) is 0 Å². The van der Waals surface area contributed by atoms with Crippen LogP contribution in [0.15, 0.2) is 35.1 Å². The average Bonchev–Trinajstić information content (AvgIpc) is 2.51. The zero-order chi connectivity index (χ0) is 9.38. The van der Waals surface area contributed by atoms with E-state index in [1.807, 2.05) is 0 Å². The Balaban J connectivity index is 1.95. The maximum atomic E-state index is 5.37. The van der Waals surface area contributed by atoms with E-state index in [9.17, 15) is 0 Å². The zero-order valence-electron chi connectivity index (χ0n) is 8.03.